The summed E-state index contributed by atoms with van der Waals surface area (Å²) in [4.78, 5) is 18.2. The molecule has 2 heterocycles. The SMILES string of the molecule is CC1(C)Cc2c(c(Cc3ccccc3)nn2-c2nc3ccccc3s2)C(=O)C1C#N. The summed E-state index contributed by atoms with van der Waals surface area (Å²) in [7, 11) is 0. The van der Waals surface area contributed by atoms with Crippen LogP contribution in [0.2, 0.25) is 0 Å². The number of carbonyl (C=O) groups excluding carboxylic acids is 1. The van der Waals surface area contributed by atoms with Crippen LogP contribution in [0.15, 0.2) is 54.6 Å². The molecule has 0 N–H and O–H groups in total. The highest BCUT2D eigenvalue weighted by atomic mass is 32.1. The van der Waals surface area contributed by atoms with Crippen LogP contribution in [0, 0.1) is 22.7 Å². The number of thiazole rings is 1. The fourth-order valence-corrected chi connectivity index (χ4v) is 5.18. The number of nitriles is 1. The van der Waals surface area contributed by atoms with E-state index in [9.17, 15) is 10.1 Å². The van der Waals surface area contributed by atoms with E-state index in [1.165, 1.54) is 0 Å². The first-order valence-electron chi connectivity index (χ1n) is 9.92. The van der Waals surface area contributed by atoms with Crippen molar-refractivity contribution in [1.29, 1.82) is 5.26 Å². The molecule has 5 rings (SSSR count). The second-order valence-corrected chi connectivity index (χ2v) is 9.41. The van der Waals surface area contributed by atoms with Crippen LogP contribution in [0.5, 0.6) is 0 Å². The van der Waals surface area contributed by atoms with Gasteiger partial charge in [0.15, 0.2) is 5.78 Å². The summed E-state index contributed by atoms with van der Waals surface area (Å²) in [5.74, 6) is -0.797. The number of ketones is 1. The molecule has 1 aliphatic rings. The number of para-hydroxylation sites is 1. The Balaban J connectivity index is 1.71. The van der Waals surface area contributed by atoms with E-state index in [2.05, 4.69) is 6.07 Å². The smallest absolute Gasteiger partial charge is 0.211 e. The van der Waals surface area contributed by atoms with Gasteiger partial charge in [0.2, 0.25) is 5.13 Å². The van der Waals surface area contributed by atoms with E-state index in [-0.39, 0.29) is 5.78 Å². The lowest BCUT2D eigenvalue weighted by Crippen LogP contribution is -2.38. The molecule has 0 aliphatic heterocycles. The third-order valence-corrected chi connectivity index (χ3v) is 6.79. The van der Waals surface area contributed by atoms with Gasteiger partial charge in [0.05, 0.1) is 33.2 Å². The molecule has 4 aromatic rings. The molecule has 0 saturated carbocycles. The largest absolute Gasteiger partial charge is 0.293 e. The number of hydrogen-bond donors (Lipinski definition) is 0. The average molecular weight is 413 g/mol. The van der Waals surface area contributed by atoms with Crippen molar-refractivity contribution in [2.45, 2.75) is 26.7 Å². The molecule has 2 aromatic carbocycles. The highest BCUT2D eigenvalue weighted by Crippen LogP contribution is 2.42. The second kappa shape index (κ2) is 6.89. The van der Waals surface area contributed by atoms with Gasteiger partial charge in [-0.3, -0.25) is 4.79 Å². The van der Waals surface area contributed by atoms with Gasteiger partial charge in [-0.05, 0) is 29.5 Å². The summed E-state index contributed by atoms with van der Waals surface area (Å²) in [5.41, 5.74) is 3.72. The maximum atomic E-state index is 13.4. The van der Waals surface area contributed by atoms with Gasteiger partial charge in [-0.15, -0.1) is 0 Å². The molecule has 1 atom stereocenters. The van der Waals surface area contributed by atoms with Gasteiger partial charge in [0, 0.05) is 6.42 Å². The van der Waals surface area contributed by atoms with Crippen molar-refractivity contribution in [1.82, 2.24) is 14.8 Å². The quantitative estimate of drug-likeness (QED) is 0.476. The van der Waals surface area contributed by atoms with Crippen LogP contribution in [-0.2, 0) is 12.8 Å². The summed E-state index contributed by atoms with van der Waals surface area (Å²) in [6, 6.07) is 20.2. The zero-order valence-electron chi connectivity index (χ0n) is 16.8. The monoisotopic (exact) mass is 412 g/mol. The van der Waals surface area contributed by atoms with E-state index in [0.29, 0.717) is 18.4 Å². The minimum absolute atomic E-state index is 0.123. The van der Waals surface area contributed by atoms with Crippen molar-refractivity contribution < 1.29 is 4.79 Å². The minimum atomic E-state index is -0.674. The van der Waals surface area contributed by atoms with Crippen LogP contribution in [0.3, 0.4) is 0 Å². The van der Waals surface area contributed by atoms with Crippen LogP contribution < -0.4 is 0 Å². The standard InChI is InChI=1S/C24H20N4OS/c1-24(2)13-19-21(22(29)16(24)14-25)18(12-15-8-4-3-5-9-15)27-28(19)23-26-17-10-6-7-11-20(17)30-23/h3-11,16H,12-13H2,1-2H3. The maximum absolute atomic E-state index is 13.4. The Bertz CT molecular complexity index is 1280. The topological polar surface area (TPSA) is 71.6 Å². The molecule has 0 fully saturated rings. The van der Waals surface area contributed by atoms with Gasteiger partial charge in [-0.25, -0.2) is 9.67 Å². The first-order valence-corrected chi connectivity index (χ1v) is 10.7. The van der Waals surface area contributed by atoms with Crippen LogP contribution in [0.4, 0.5) is 0 Å². The van der Waals surface area contributed by atoms with Gasteiger partial charge in [-0.2, -0.15) is 10.4 Å². The predicted octanol–water partition coefficient (Wildman–Crippen LogP) is 4.98. The van der Waals surface area contributed by atoms with E-state index in [0.717, 1.165) is 32.3 Å². The van der Waals surface area contributed by atoms with Crippen molar-refractivity contribution in [3.63, 3.8) is 0 Å². The first-order chi connectivity index (χ1) is 14.5. The lowest BCUT2D eigenvalue weighted by molar-refractivity contribution is 0.0833. The van der Waals surface area contributed by atoms with E-state index in [4.69, 9.17) is 10.1 Å². The second-order valence-electron chi connectivity index (χ2n) is 8.40. The van der Waals surface area contributed by atoms with E-state index >= 15 is 0 Å². The highest BCUT2D eigenvalue weighted by Gasteiger charge is 2.45. The summed E-state index contributed by atoms with van der Waals surface area (Å²) in [6.07, 6.45) is 1.15. The molecule has 1 unspecified atom stereocenters. The Kier molecular flexibility index (Phi) is 4.30. The molecule has 5 nitrogen and oxygen atoms in total. The molecule has 0 amide bonds. The molecule has 0 saturated heterocycles. The fraction of sp³-hybridized carbons (Fsp3) is 0.250. The zero-order valence-corrected chi connectivity index (χ0v) is 17.6. The molecule has 30 heavy (non-hydrogen) atoms. The molecule has 0 bridgehead atoms. The van der Waals surface area contributed by atoms with Gasteiger partial charge in [0.1, 0.15) is 5.92 Å². The molecule has 2 aromatic heterocycles. The van der Waals surface area contributed by atoms with Crippen molar-refractivity contribution in [2.24, 2.45) is 11.3 Å². The van der Waals surface area contributed by atoms with E-state index in [1.54, 1.807) is 11.3 Å². The minimum Gasteiger partial charge on any atom is -0.293 e. The predicted molar refractivity (Wildman–Crippen MR) is 117 cm³/mol. The van der Waals surface area contributed by atoms with Crippen molar-refractivity contribution in [3.05, 3.63) is 77.1 Å². The number of aromatic nitrogens is 3. The molecular formula is C24H20N4OS. The number of hydrogen-bond acceptors (Lipinski definition) is 5. The van der Waals surface area contributed by atoms with Crippen LogP contribution in [0.1, 0.15) is 41.2 Å². The highest BCUT2D eigenvalue weighted by molar-refractivity contribution is 7.20. The third-order valence-electron chi connectivity index (χ3n) is 5.77. The van der Waals surface area contributed by atoms with Crippen molar-refractivity contribution in [3.8, 4) is 11.2 Å². The number of fused-ring (bicyclic) bond motifs is 2. The molecule has 1 aliphatic carbocycles. The Morgan fingerprint density at radius 3 is 2.63 bits per heavy atom. The Morgan fingerprint density at radius 2 is 1.90 bits per heavy atom. The summed E-state index contributed by atoms with van der Waals surface area (Å²) >= 11 is 1.56. The van der Waals surface area contributed by atoms with Crippen LogP contribution >= 0.6 is 11.3 Å². The Labute approximate surface area is 178 Å². The van der Waals surface area contributed by atoms with E-state index < -0.39 is 11.3 Å². The Morgan fingerprint density at radius 1 is 1.17 bits per heavy atom. The first kappa shape index (κ1) is 18.7. The van der Waals surface area contributed by atoms with Crippen LogP contribution in [-0.4, -0.2) is 20.5 Å². The average Bonchev–Trinajstić information content (AvgIpc) is 3.29. The molecule has 148 valence electrons. The van der Waals surface area contributed by atoms with Gasteiger partial charge in [-0.1, -0.05) is 67.6 Å². The summed E-state index contributed by atoms with van der Waals surface area (Å²) in [5, 5.41) is 15.3. The molecule has 0 spiro atoms. The number of carbonyl (C=O) groups is 1. The fourth-order valence-electron chi connectivity index (χ4n) is 4.24. The summed E-state index contributed by atoms with van der Waals surface area (Å²) in [6.45, 7) is 3.96. The lowest BCUT2D eigenvalue weighted by atomic mass is 9.68. The zero-order chi connectivity index (χ0) is 20.9. The van der Waals surface area contributed by atoms with E-state index in [1.807, 2.05) is 73.1 Å². The third kappa shape index (κ3) is 2.94. The molecule has 0 radical (unpaired) electrons. The number of nitrogens with zero attached hydrogens (tertiary/aromatic N) is 4. The van der Waals surface area contributed by atoms with Crippen molar-refractivity contribution >= 4 is 27.3 Å². The maximum Gasteiger partial charge on any atom is 0.211 e. The molecular weight excluding hydrogens is 392 g/mol. The number of benzene rings is 2. The van der Waals surface area contributed by atoms with Gasteiger partial charge < -0.3 is 0 Å². The number of Topliss-reactive ketones (excluding diaryl/α,β-unsaturated/α-hetero) is 1. The van der Waals surface area contributed by atoms with Crippen molar-refractivity contribution in [2.75, 3.05) is 0 Å². The normalized spacial score (nSPS) is 17.6. The molecule has 6 heteroatoms. The number of rotatable bonds is 3. The van der Waals surface area contributed by atoms with Gasteiger partial charge in [0.25, 0.3) is 0 Å². The van der Waals surface area contributed by atoms with Crippen LogP contribution in [0.25, 0.3) is 15.3 Å². The Hall–Kier alpha value is -3.30. The summed E-state index contributed by atoms with van der Waals surface area (Å²) < 4.78 is 2.92. The van der Waals surface area contributed by atoms with Gasteiger partial charge >= 0.3 is 0 Å². The lowest BCUT2D eigenvalue weighted by Gasteiger charge is -2.33.